The van der Waals surface area contributed by atoms with Gasteiger partial charge >= 0.3 is 0 Å². The average molecular weight is 333 g/mol. The van der Waals surface area contributed by atoms with Crippen molar-refractivity contribution in [2.45, 2.75) is 26.9 Å². The fourth-order valence-electron chi connectivity index (χ4n) is 2.60. The zero-order chi connectivity index (χ0) is 14.3. The van der Waals surface area contributed by atoms with E-state index in [0.717, 1.165) is 34.5 Å². The number of aromatic nitrogens is 3. The number of para-hydroxylation sites is 1. The first-order valence-corrected chi connectivity index (χ1v) is 7.46. The number of nitrogens with zero attached hydrogens (tertiary/aromatic N) is 3. The Balaban J connectivity index is 2.10. The van der Waals surface area contributed by atoms with Crippen molar-refractivity contribution in [3.8, 4) is 0 Å². The van der Waals surface area contributed by atoms with E-state index in [4.69, 9.17) is 5.73 Å². The number of nitrogens with two attached hydrogens (primary N) is 1. The second kappa shape index (κ2) is 4.98. The SMILES string of the molecule is CCn1nc(C)c(Br)c1Cn1ccc2cccc(N)c21. The van der Waals surface area contributed by atoms with Gasteiger partial charge in [-0.05, 0) is 41.9 Å². The standard InChI is InChI=1S/C15H17BrN4/c1-3-20-13(14(16)10(2)18-20)9-19-8-7-11-5-4-6-12(17)15(11)19/h4-8H,3,9,17H2,1-2H3. The van der Waals surface area contributed by atoms with Crippen LogP contribution in [0.1, 0.15) is 18.3 Å². The van der Waals surface area contributed by atoms with Crippen LogP contribution in [0, 0.1) is 6.92 Å². The summed E-state index contributed by atoms with van der Waals surface area (Å²) in [6.07, 6.45) is 2.08. The van der Waals surface area contributed by atoms with Crippen LogP contribution in [0.2, 0.25) is 0 Å². The van der Waals surface area contributed by atoms with Gasteiger partial charge in [-0.25, -0.2) is 0 Å². The van der Waals surface area contributed by atoms with Gasteiger partial charge in [0.2, 0.25) is 0 Å². The molecule has 0 aliphatic rings. The second-order valence-corrected chi connectivity index (χ2v) is 5.68. The van der Waals surface area contributed by atoms with Crippen molar-refractivity contribution >= 4 is 32.5 Å². The number of nitrogen functional groups attached to an aromatic ring is 1. The molecule has 0 aliphatic heterocycles. The van der Waals surface area contributed by atoms with Crippen molar-refractivity contribution in [1.29, 1.82) is 0 Å². The zero-order valence-electron chi connectivity index (χ0n) is 11.6. The van der Waals surface area contributed by atoms with Crippen molar-refractivity contribution in [1.82, 2.24) is 14.3 Å². The lowest BCUT2D eigenvalue weighted by atomic mass is 10.2. The molecule has 104 valence electrons. The molecule has 2 aromatic heterocycles. The fraction of sp³-hybridized carbons (Fsp3) is 0.267. The van der Waals surface area contributed by atoms with Crippen LogP contribution >= 0.6 is 15.9 Å². The molecule has 1 aromatic carbocycles. The number of fused-ring (bicyclic) bond motifs is 1. The van der Waals surface area contributed by atoms with E-state index in [9.17, 15) is 0 Å². The Hall–Kier alpha value is -1.75. The van der Waals surface area contributed by atoms with Crippen molar-refractivity contribution in [3.05, 3.63) is 46.3 Å². The van der Waals surface area contributed by atoms with Crippen molar-refractivity contribution in [2.75, 3.05) is 5.73 Å². The summed E-state index contributed by atoms with van der Waals surface area (Å²) in [7, 11) is 0. The normalized spacial score (nSPS) is 11.3. The van der Waals surface area contributed by atoms with E-state index in [1.54, 1.807) is 0 Å². The van der Waals surface area contributed by atoms with E-state index in [2.05, 4.69) is 50.8 Å². The molecule has 0 amide bonds. The summed E-state index contributed by atoms with van der Waals surface area (Å²) in [5.74, 6) is 0. The van der Waals surface area contributed by atoms with Gasteiger partial charge in [-0.1, -0.05) is 12.1 Å². The number of hydrogen-bond donors (Lipinski definition) is 1. The Kier molecular flexibility index (Phi) is 3.30. The highest BCUT2D eigenvalue weighted by molar-refractivity contribution is 9.10. The number of rotatable bonds is 3. The van der Waals surface area contributed by atoms with Gasteiger partial charge in [0.15, 0.2) is 0 Å². The van der Waals surface area contributed by atoms with Crippen LogP contribution in [0.4, 0.5) is 5.69 Å². The van der Waals surface area contributed by atoms with Gasteiger partial charge in [0, 0.05) is 18.1 Å². The fourth-order valence-corrected chi connectivity index (χ4v) is 3.01. The number of hydrogen-bond acceptors (Lipinski definition) is 2. The number of aryl methyl sites for hydroxylation is 2. The Bertz CT molecular complexity index is 770. The molecule has 2 heterocycles. The first-order valence-electron chi connectivity index (χ1n) is 6.67. The molecule has 0 aliphatic carbocycles. The molecule has 0 bridgehead atoms. The first-order chi connectivity index (χ1) is 9.61. The van der Waals surface area contributed by atoms with Gasteiger partial charge in [0.05, 0.1) is 33.6 Å². The van der Waals surface area contributed by atoms with Crippen LogP contribution in [0.25, 0.3) is 10.9 Å². The number of benzene rings is 1. The van der Waals surface area contributed by atoms with Crippen LogP contribution in [-0.2, 0) is 13.1 Å². The predicted molar refractivity (Wildman–Crippen MR) is 85.8 cm³/mol. The third-order valence-corrected chi connectivity index (χ3v) is 4.62. The summed E-state index contributed by atoms with van der Waals surface area (Å²) in [6.45, 7) is 5.73. The molecule has 4 nitrogen and oxygen atoms in total. The monoisotopic (exact) mass is 332 g/mol. The summed E-state index contributed by atoms with van der Waals surface area (Å²) in [4.78, 5) is 0. The third-order valence-electron chi connectivity index (χ3n) is 3.59. The van der Waals surface area contributed by atoms with Crippen LogP contribution < -0.4 is 5.73 Å². The van der Waals surface area contributed by atoms with Crippen LogP contribution in [0.15, 0.2) is 34.9 Å². The Morgan fingerprint density at radius 3 is 2.85 bits per heavy atom. The summed E-state index contributed by atoms with van der Waals surface area (Å²) in [6, 6.07) is 8.10. The van der Waals surface area contributed by atoms with Gasteiger partial charge < -0.3 is 10.3 Å². The lowest BCUT2D eigenvalue weighted by Gasteiger charge is -2.10. The number of anilines is 1. The highest BCUT2D eigenvalue weighted by Crippen LogP contribution is 2.26. The topological polar surface area (TPSA) is 48.8 Å². The predicted octanol–water partition coefficient (Wildman–Crippen LogP) is 3.56. The van der Waals surface area contributed by atoms with Gasteiger partial charge in [0.25, 0.3) is 0 Å². The average Bonchev–Trinajstić information content (AvgIpc) is 2.96. The second-order valence-electron chi connectivity index (χ2n) is 4.89. The maximum absolute atomic E-state index is 6.11. The maximum Gasteiger partial charge on any atom is 0.0739 e. The molecule has 5 heteroatoms. The van der Waals surface area contributed by atoms with Gasteiger partial charge in [0.1, 0.15) is 0 Å². The third kappa shape index (κ3) is 2.02. The van der Waals surface area contributed by atoms with E-state index < -0.39 is 0 Å². The highest BCUT2D eigenvalue weighted by Gasteiger charge is 2.14. The van der Waals surface area contributed by atoms with E-state index in [0.29, 0.717) is 0 Å². The smallest absolute Gasteiger partial charge is 0.0739 e. The molecule has 3 aromatic rings. The van der Waals surface area contributed by atoms with E-state index >= 15 is 0 Å². The summed E-state index contributed by atoms with van der Waals surface area (Å²) < 4.78 is 5.29. The lowest BCUT2D eigenvalue weighted by molar-refractivity contribution is 0.601. The highest BCUT2D eigenvalue weighted by atomic mass is 79.9. The van der Waals surface area contributed by atoms with E-state index in [-0.39, 0.29) is 0 Å². The quantitative estimate of drug-likeness (QED) is 0.745. The molecular weight excluding hydrogens is 316 g/mol. The molecule has 0 fully saturated rings. The summed E-state index contributed by atoms with van der Waals surface area (Å²) >= 11 is 3.64. The minimum absolute atomic E-state index is 0.757. The molecular formula is C15H17BrN4. The molecule has 0 spiro atoms. The van der Waals surface area contributed by atoms with Gasteiger partial charge in [-0.3, -0.25) is 4.68 Å². The molecule has 20 heavy (non-hydrogen) atoms. The lowest BCUT2D eigenvalue weighted by Crippen LogP contribution is -2.08. The molecule has 0 radical (unpaired) electrons. The van der Waals surface area contributed by atoms with E-state index in [1.807, 2.05) is 23.7 Å². The van der Waals surface area contributed by atoms with Crippen LogP contribution in [0.5, 0.6) is 0 Å². The Labute approximate surface area is 126 Å². The van der Waals surface area contributed by atoms with Gasteiger partial charge in [-0.2, -0.15) is 5.10 Å². The Morgan fingerprint density at radius 2 is 2.10 bits per heavy atom. The molecule has 3 rings (SSSR count). The molecule has 2 N–H and O–H groups in total. The van der Waals surface area contributed by atoms with Crippen molar-refractivity contribution < 1.29 is 0 Å². The van der Waals surface area contributed by atoms with Crippen molar-refractivity contribution in [2.24, 2.45) is 0 Å². The zero-order valence-corrected chi connectivity index (χ0v) is 13.2. The minimum Gasteiger partial charge on any atom is -0.397 e. The maximum atomic E-state index is 6.11. The minimum atomic E-state index is 0.757. The number of halogens is 1. The summed E-state index contributed by atoms with van der Waals surface area (Å²) in [5, 5.41) is 5.70. The largest absolute Gasteiger partial charge is 0.397 e. The molecule has 0 unspecified atom stereocenters. The van der Waals surface area contributed by atoms with E-state index in [1.165, 1.54) is 11.1 Å². The van der Waals surface area contributed by atoms with Gasteiger partial charge in [-0.15, -0.1) is 0 Å². The molecule has 0 saturated carbocycles. The van der Waals surface area contributed by atoms with Crippen LogP contribution in [-0.4, -0.2) is 14.3 Å². The van der Waals surface area contributed by atoms with Crippen molar-refractivity contribution in [3.63, 3.8) is 0 Å². The molecule has 0 saturated heterocycles. The van der Waals surface area contributed by atoms with Crippen LogP contribution in [0.3, 0.4) is 0 Å². The molecule has 0 atom stereocenters. The summed E-state index contributed by atoms with van der Waals surface area (Å²) in [5.41, 5.74) is 10.2. The Morgan fingerprint density at radius 1 is 1.30 bits per heavy atom. The first kappa shape index (κ1) is 13.2.